The van der Waals surface area contributed by atoms with Crippen molar-refractivity contribution >= 4 is 28.9 Å². The molecule has 2 aromatic carbocycles. The average Bonchev–Trinajstić information content (AvgIpc) is 2.58. The molecule has 1 heterocycles. The molecule has 0 saturated heterocycles. The lowest BCUT2D eigenvalue weighted by Crippen LogP contribution is -2.45. The summed E-state index contributed by atoms with van der Waals surface area (Å²) in [7, 11) is 2.17. The summed E-state index contributed by atoms with van der Waals surface area (Å²) in [5.41, 5.74) is 6.55. The van der Waals surface area contributed by atoms with Crippen LogP contribution >= 0.6 is 11.6 Å². The zero-order chi connectivity index (χ0) is 19.1. The van der Waals surface area contributed by atoms with Crippen molar-refractivity contribution in [1.29, 1.82) is 5.26 Å². The third kappa shape index (κ3) is 3.37. The lowest BCUT2D eigenvalue weighted by atomic mass is 9.79. The molecule has 0 unspecified atom stereocenters. The minimum Gasteiger partial charge on any atom is -0.369 e. The van der Waals surface area contributed by atoms with Crippen molar-refractivity contribution in [2.45, 2.75) is 45.6 Å². The van der Waals surface area contributed by atoms with Gasteiger partial charge in [0.25, 0.3) is 0 Å². The second-order valence-electron chi connectivity index (χ2n) is 7.92. The highest BCUT2D eigenvalue weighted by molar-refractivity contribution is 6.30. The number of hydrogen-bond donors (Lipinski definition) is 0. The topological polar surface area (TPSA) is 27.0 Å². The molecule has 1 atom stereocenters. The van der Waals surface area contributed by atoms with E-state index in [2.05, 4.69) is 57.8 Å². The van der Waals surface area contributed by atoms with Crippen LogP contribution in [0.3, 0.4) is 0 Å². The van der Waals surface area contributed by atoms with Gasteiger partial charge in [0.2, 0.25) is 0 Å². The number of nitriles is 1. The van der Waals surface area contributed by atoms with Crippen LogP contribution in [0.1, 0.15) is 55.4 Å². The lowest BCUT2D eigenvalue weighted by Gasteiger charge is -2.45. The van der Waals surface area contributed by atoms with Gasteiger partial charge in [-0.3, -0.25) is 0 Å². The summed E-state index contributed by atoms with van der Waals surface area (Å²) in [6.07, 6.45) is 3.09. The highest BCUT2D eigenvalue weighted by atomic mass is 35.5. The molecule has 1 aliphatic heterocycles. The number of halogens is 1. The first-order chi connectivity index (χ1) is 12.2. The molecule has 0 bridgehead atoms. The van der Waals surface area contributed by atoms with Gasteiger partial charge in [0.15, 0.2) is 0 Å². The molecule has 26 heavy (non-hydrogen) atoms. The van der Waals surface area contributed by atoms with E-state index < -0.39 is 0 Å². The molecule has 0 amide bonds. The van der Waals surface area contributed by atoms with Crippen LogP contribution in [0.15, 0.2) is 36.4 Å². The van der Waals surface area contributed by atoms with Crippen LogP contribution in [0.5, 0.6) is 0 Å². The maximum absolute atomic E-state index is 9.65. The lowest BCUT2D eigenvalue weighted by molar-refractivity contribution is 0.395. The average molecular weight is 365 g/mol. The van der Waals surface area contributed by atoms with Crippen molar-refractivity contribution in [3.05, 3.63) is 63.7 Å². The van der Waals surface area contributed by atoms with E-state index in [9.17, 15) is 5.26 Å². The van der Waals surface area contributed by atoms with Crippen molar-refractivity contribution < 1.29 is 0 Å². The van der Waals surface area contributed by atoms with Gasteiger partial charge in [0, 0.05) is 23.3 Å². The van der Waals surface area contributed by atoms with Gasteiger partial charge in [-0.15, -0.1) is 0 Å². The molecule has 2 aromatic rings. The molecule has 0 N–H and O–H groups in total. The summed E-state index contributed by atoms with van der Waals surface area (Å²) < 4.78 is 0. The standard InChI is InChI=1S/C23H25ClN2/c1-15-9-22-21(16(2)13-23(3,4)26(22)5)12-18(15)10-19(14-25)17-7-6-8-20(24)11-17/h6-12,16H,13H2,1-5H3/b19-10-/t16-/m1/s1. The number of fused-ring (bicyclic) bond motifs is 1. The maximum atomic E-state index is 9.65. The molecular weight excluding hydrogens is 340 g/mol. The zero-order valence-electron chi connectivity index (χ0n) is 16.1. The Morgan fingerprint density at radius 1 is 1.31 bits per heavy atom. The van der Waals surface area contributed by atoms with Gasteiger partial charge in [-0.1, -0.05) is 30.7 Å². The van der Waals surface area contributed by atoms with Crippen LogP contribution in [0.25, 0.3) is 11.6 Å². The molecule has 0 aromatic heterocycles. The number of allylic oxidation sites excluding steroid dienone is 1. The Morgan fingerprint density at radius 3 is 2.69 bits per heavy atom. The fraction of sp³-hybridized carbons (Fsp3) is 0.348. The van der Waals surface area contributed by atoms with E-state index in [1.54, 1.807) is 0 Å². The predicted molar refractivity (Wildman–Crippen MR) is 112 cm³/mol. The Balaban J connectivity index is 2.10. The highest BCUT2D eigenvalue weighted by Gasteiger charge is 2.34. The van der Waals surface area contributed by atoms with Crippen LogP contribution in [0, 0.1) is 18.3 Å². The third-order valence-electron chi connectivity index (χ3n) is 5.58. The third-order valence-corrected chi connectivity index (χ3v) is 5.81. The summed E-state index contributed by atoms with van der Waals surface area (Å²) in [5, 5.41) is 10.3. The normalized spacial score (nSPS) is 19.0. The number of anilines is 1. The van der Waals surface area contributed by atoms with E-state index in [-0.39, 0.29) is 5.54 Å². The molecule has 134 valence electrons. The van der Waals surface area contributed by atoms with Crippen molar-refractivity contribution in [2.24, 2.45) is 0 Å². The van der Waals surface area contributed by atoms with Crippen molar-refractivity contribution in [3.8, 4) is 6.07 Å². The Kier molecular flexibility index (Phi) is 4.86. The summed E-state index contributed by atoms with van der Waals surface area (Å²) in [6, 6.07) is 14.3. The van der Waals surface area contributed by atoms with Crippen LogP contribution in [-0.2, 0) is 0 Å². The summed E-state index contributed by atoms with van der Waals surface area (Å²) in [6.45, 7) is 8.99. The molecule has 3 rings (SSSR count). The molecule has 3 heteroatoms. The molecule has 0 radical (unpaired) electrons. The Labute approximate surface area is 161 Å². The second-order valence-corrected chi connectivity index (χ2v) is 8.36. The molecule has 2 nitrogen and oxygen atoms in total. The van der Waals surface area contributed by atoms with Gasteiger partial charge in [-0.05, 0) is 85.7 Å². The molecule has 1 aliphatic rings. The quantitative estimate of drug-likeness (QED) is 0.453. The van der Waals surface area contributed by atoms with Crippen LogP contribution < -0.4 is 4.90 Å². The predicted octanol–water partition coefficient (Wildman–Crippen LogP) is 6.43. The molecule has 0 fully saturated rings. The smallest absolute Gasteiger partial charge is 0.0998 e. The van der Waals surface area contributed by atoms with E-state index in [1.807, 2.05) is 30.3 Å². The first-order valence-corrected chi connectivity index (χ1v) is 9.37. The van der Waals surface area contributed by atoms with Crippen LogP contribution in [0.4, 0.5) is 5.69 Å². The van der Waals surface area contributed by atoms with Gasteiger partial charge in [-0.25, -0.2) is 0 Å². The van der Waals surface area contributed by atoms with Crippen molar-refractivity contribution in [2.75, 3.05) is 11.9 Å². The Bertz CT molecular complexity index is 918. The minimum absolute atomic E-state index is 0.148. The van der Waals surface area contributed by atoms with E-state index in [1.165, 1.54) is 16.8 Å². The molecule has 0 aliphatic carbocycles. The number of hydrogen-bond acceptors (Lipinski definition) is 2. The van der Waals surface area contributed by atoms with E-state index in [0.29, 0.717) is 16.5 Å². The zero-order valence-corrected chi connectivity index (χ0v) is 16.9. The van der Waals surface area contributed by atoms with E-state index in [0.717, 1.165) is 17.5 Å². The highest BCUT2D eigenvalue weighted by Crippen LogP contribution is 2.43. The second kappa shape index (κ2) is 6.82. The Hall–Kier alpha value is -2.24. The van der Waals surface area contributed by atoms with E-state index in [4.69, 9.17) is 11.6 Å². The summed E-state index contributed by atoms with van der Waals surface area (Å²) >= 11 is 6.09. The van der Waals surface area contributed by atoms with Crippen LogP contribution in [0.2, 0.25) is 5.02 Å². The fourth-order valence-corrected chi connectivity index (χ4v) is 4.07. The van der Waals surface area contributed by atoms with Gasteiger partial charge in [-0.2, -0.15) is 5.26 Å². The van der Waals surface area contributed by atoms with E-state index >= 15 is 0 Å². The van der Waals surface area contributed by atoms with Gasteiger partial charge in [0.05, 0.1) is 11.6 Å². The summed E-state index contributed by atoms with van der Waals surface area (Å²) in [5.74, 6) is 0.487. The monoisotopic (exact) mass is 364 g/mol. The number of aryl methyl sites for hydroxylation is 1. The first-order valence-electron chi connectivity index (χ1n) is 8.99. The maximum Gasteiger partial charge on any atom is 0.0998 e. The van der Waals surface area contributed by atoms with Gasteiger partial charge in [0.1, 0.15) is 0 Å². The first kappa shape index (κ1) is 18.5. The molecule has 0 spiro atoms. The number of benzene rings is 2. The fourth-order valence-electron chi connectivity index (χ4n) is 3.88. The number of rotatable bonds is 2. The molecule has 0 saturated carbocycles. The van der Waals surface area contributed by atoms with Crippen molar-refractivity contribution in [1.82, 2.24) is 0 Å². The molecular formula is C23H25ClN2. The van der Waals surface area contributed by atoms with Gasteiger partial charge >= 0.3 is 0 Å². The largest absolute Gasteiger partial charge is 0.369 e. The number of nitrogens with zero attached hydrogens (tertiary/aromatic N) is 2. The Morgan fingerprint density at radius 2 is 2.04 bits per heavy atom. The van der Waals surface area contributed by atoms with Gasteiger partial charge < -0.3 is 4.90 Å². The van der Waals surface area contributed by atoms with Crippen LogP contribution in [-0.4, -0.2) is 12.6 Å². The SMILES string of the molecule is Cc1cc2c(cc1/C=C(/C#N)c1cccc(Cl)c1)[C@H](C)CC(C)(C)N2C. The van der Waals surface area contributed by atoms with Crippen molar-refractivity contribution in [3.63, 3.8) is 0 Å². The summed E-state index contributed by atoms with van der Waals surface area (Å²) in [4.78, 5) is 2.38. The minimum atomic E-state index is 0.148.